The van der Waals surface area contributed by atoms with Crippen LogP contribution >= 0.6 is 0 Å². The largest absolute Gasteiger partial charge is 0.479 e. The predicted molar refractivity (Wildman–Crippen MR) is 61.2 cm³/mol. The van der Waals surface area contributed by atoms with Crippen LogP contribution in [0.3, 0.4) is 0 Å². The highest BCUT2D eigenvalue weighted by Crippen LogP contribution is 2.16. The molecule has 1 aliphatic rings. The number of ether oxygens (including phenoxy) is 1. The summed E-state index contributed by atoms with van der Waals surface area (Å²) in [5.74, 6) is 0.977. The summed E-state index contributed by atoms with van der Waals surface area (Å²) in [5, 5.41) is 3.35. The van der Waals surface area contributed by atoms with Crippen molar-refractivity contribution in [2.75, 3.05) is 6.61 Å². The van der Waals surface area contributed by atoms with Crippen molar-refractivity contribution in [3.63, 3.8) is 0 Å². The van der Waals surface area contributed by atoms with Crippen LogP contribution in [-0.4, -0.2) is 6.61 Å². The van der Waals surface area contributed by atoms with E-state index in [4.69, 9.17) is 4.74 Å². The van der Waals surface area contributed by atoms with Gasteiger partial charge in [-0.3, -0.25) is 0 Å². The molecule has 0 unspecified atom stereocenters. The highest BCUT2D eigenvalue weighted by Gasteiger charge is 2.09. The maximum atomic E-state index is 5.58. The maximum absolute atomic E-state index is 5.58. The molecule has 2 heteroatoms. The van der Waals surface area contributed by atoms with Crippen molar-refractivity contribution < 1.29 is 4.74 Å². The van der Waals surface area contributed by atoms with Gasteiger partial charge in [-0.05, 0) is 30.9 Å². The summed E-state index contributed by atoms with van der Waals surface area (Å²) in [4.78, 5) is 0. The van der Waals surface area contributed by atoms with Crippen molar-refractivity contribution in [1.82, 2.24) is 5.32 Å². The van der Waals surface area contributed by atoms with Crippen molar-refractivity contribution in [3.8, 4) is 0 Å². The third-order valence-electron chi connectivity index (χ3n) is 2.63. The average Bonchev–Trinajstić information content (AvgIpc) is 2.29. The van der Waals surface area contributed by atoms with Gasteiger partial charge in [0.2, 0.25) is 0 Å². The topological polar surface area (TPSA) is 21.3 Å². The van der Waals surface area contributed by atoms with Crippen LogP contribution in [0.4, 0.5) is 0 Å². The molecule has 0 amide bonds. The first-order chi connectivity index (χ1) is 7.36. The van der Waals surface area contributed by atoms with Gasteiger partial charge in [-0.15, -0.1) is 0 Å². The van der Waals surface area contributed by atoms with Crippen LogP contribution in [0, 0.1) is 0 Å². The normalized spacial score (nSPS) is 16.1. The summed E-state index contributed by atoms with van der Waals surface area (Å²) in [7, 11) is 0. The Bertz CT molecular complexity index is 343. The number of benzene rings is 1. The monoisotopic (exact) mass is 203 g/mol. The van der Waals surface area contributed by atoms with E-state index in [2.05, 4.69) is 36.5 Å². The second-order valence-electron chi connectivity index (χ2n) is 3.90. The van der Waals surface area contributed by atoms with Gasteiger partial charge in [-0.1, -0.05) is 30.3 Å². The van der Waals surface area contributed by atoms with Crippen LogP contribution in [0.25, 0.3) is 0 Å². The molecule has 0 saturated carbocycles. The Morgan fingerprint density at radius 1 is 1.27 bits per heavy atom. The standard InChI is InChI=1S/C13H17NO/c1-11-6-5-9-15-13(11)14-10-12-7-3-2-4-8-12/h2-4,7-8,14H,5-6,9-10H2,1H3. The quantitative estimate of drug-likeness (QED) is 0.815. The van der Waals surface area contributed by atoms with Gasteiger partial charge in [-0.2, -0.15) is 0 Å². The fraction of sp³-hybridized carbons (Fsp3) is 0.385. The molecule has 15 heavy (non-hydrogen) atoms. The highest BCUT2D eigenvalue weighted by atomic mass is 16.5. The minimum atomic E-state index is 0.841. The summed E-state index contributed by atoms with van der Waals surface area (Å²) >= 11 is 0. The van der Waals surface area contributed by atoms with Crippen LogP contribution in [-0.2, 0) is 11.3 Å². The number of rotatable bonds is 3. The Morgan fingerprint density at radius 3 is 2.80 bits per heavy atom. The molecule has 0 bridgehead atoms. The number of allylic oxidation sites excluding steroid dienone is 1. The Labute approximate surface area is 91.0 Å². The Hall–Kier alpha value is -1.44. The van der Waals surface area contributed by atoms with Gasteiger partial charge in [-0.25, -0.2) is 0 Å². The van der Waals surface area contributed by atoms with E-state index in [1.807, 2.05) is 6.07 Å². The van der Waals surface area contributed by atoms with Gasteiger partial charge < -0.3 is 10.1 Å². The van der Waals surface area contributed by atoms with E-state index in [0.29, 0.717) is 0 Å². The van der Waals surface area contributed by atoms with Crippen LogP contribution in [0.1, 0.15) is 25.3 Å². The molecule has 0 radical (unpaired) electrons. The number of nitrogens with one attached hydrogen (secondary N) is 1. The van der Waals surface area contributed by atoms with E-state index in [1.54, 1.807) is 0 Å². The molecule has 2 rings (SSSR count). The highest BCUT2D eigenvalue weighted by molar-refractivity contribution is 5.16. The molecule has 1 aliphatic heterocycles. The molecule has 0 atom stereocenters. The lowest BCUT2D eigenvalue weighted by Crippen LogP contribution is -2.20. The van der Waals surface area contributed by atoms with E-state index < -0.39 is 0 Å². The van der Waals surface area contributed by atoms with Gasteiger partial charge in [0.1, 0.15) is 0 Å². The first-order valence-corrected chi connectivity index (χ1v) is 5.46. The Balaban J connectivity index is 1.93. The Kier molecular flexibility index (Phi) is 3.28. The molecule has 0 fully saturated rings. The lowest BCUT2D eigenvalue weighted by atomic mass is 10.1. The molecule has 1 N–H and O–H groups in total. The molecule has 1 heterocycles. The molecular weight excluding hydrogens is 186 g/mol. The van der Waals surface area contributed by atoms with Gasteiger partial charge >= 0.3 is 0 Å². The summed E-state index contributed by atoms with van der Waals surface area (Å²) in [6.07, 6.45) is 2.29. The van der Waals surface area contributed by atoms with Crippen LogP contribution in [0.2, 0.25) is 0 Å². The molecular formula is C13H17NO. The average molecular weight is 203 g/mol. The summed E-state index contributed by atoms with van der Waals surface area (Å²) in [5.41, 5.74) is 2.61. The molecule has 0 spiro atoms. The zero-order valence-electron chi connectivity index (χ0n) is 9.12. The van der Waals surface area contributed by atoms with Crippen molar-refractivity contribution in [2.24, 2.45) is 0 Å². The predicted octanol–water partition coefficient (Wildman–Crippen LogP) is 2.82. The fourth-order valence-electron chi connectivity index (χ4n) is 1.73. The van der Waals surface area contributed by atoms with Crippen LogP contribution < -0.4 is 5.32 Å². The lowest BCUT2D eigenvalue weighted by Gasteiger charge is -2.20. The van der Waals surface area contributed by atoms with E-state index >= 15 is 0 Å². The third-order valence-corrected chi connectivity index (χ3v) is 2.63. The van der Waals surface area contributed by atoms with E-state index in [9.17, 15) is 0 Å². The van der Waals surface area contributed by atoms with Crippen molar-refractivity contribution in [1.29, 1.82) is 0 Å². The van der Waals surface area contributed by atoms with Crippen molar-refractivity contribution in [3.05, 3.63) is 47.4 Å². The molecule has 2 nitrogen and oxygen atoms in total. The van der Waals surface area contributed by atoms with Crippen molar-refractivity contribution in [2.45, 2.75) is 26.3 Å². The molecule has 0 aromatic heterocycles. The van der Waals surface area contributed by atoms with Crippen LogP contribution in [0.5, 0.6) is 0 Å². The minimum absolute atomic E-state index is 0.841. The summed E-state index contributed by atoms with van der Waals surface area (Å²) in [6, 6.07) is 10.4. The van der Waals surface area contributed by atoms with Gasteiger partial charge in [0.05, 0.1) is 6.61 Å². The van der Waals surface area contributed by atoms with E-state index in [-0.39, 0.29) is 0 Å². The van der Waals surface area contributed by atoms with Crippen LogP contribution in [0.15, 0.2) is 41.8 Å². The van der Waals surface area contributed by atoms with Crippen molar-refractivity contribution >= 4 is 0 Å². The molecule has 1 aromatic carbocycles. The van der Waals surface area contributed by atoms with E-state index in [1.165, 1.54) is 11.1 Å². The number of hydrogen-bond acceptors (Lipinski definition) is 2. The number of hydrogen-bond donors (Lipinski definition) is 1. The third kappa shape index (κ3) is 2.75. The smallest absolute Gasteiger partial charge is 0.185 e. The summed E-state index contributed by atoms with van der Waals surface area (Å²) < 4.78 is 5.58. The molecule has 80 valence electrons. The zero-order valence-corrected chi connectivity index (χ0v) is 9.12. The fourth-order valence-corrected chi connectivity index (χ4v) is 1.73. The second-order valence-corrected chi connectivity index (χ2v) is 3.90. The molecule has 0 aliphatic carbocycles. The van der Waals surface area contributed by atoms with Gasteiger partial charge in [0.25, 0.3) is 0 Å². The Morgan fingerprint density at radius 2 is 2.07 bits per heavy atom. The lowest BCUT2D eigenvalue weighted by molar-refractivity contribution is 0.165. The first-order valence-electron chi connectivity index (χ1n) is 5.46. The van der Waals surface area contributed by atoms with E-state index in [0.717, 1.165) is 31.9 Å². The SMILES string of the molecule is CC1=C(NCc2ccccc2)OCCC1. The van der Waals surface area contributed by atoms with Gasteiger partial charge in [0.15, 0.2) is 5.88 Å². The first kappa shape index (κ1) is 10.1. The molecule has 1 aromatic rings. The summed E-state index contributed by atoms with van der Waals surface area (Å²) in [6.45, 7) is 3.81. The maximum Gasteiger partial charge on any atom is 0.185 e. The molecule has 0 saturated heterocycles. The second kappa shape index (κ2) is 4.87. The minimum Gasteiger partial charge on any atom is -0.479 e. The van der Waals surface area contributed by atoms with Gasteiger partial charge in [0, 0.05) is 6.54 Å². The zero-order chi connectivity index (χ0) is 10.5.